The van der Waals surface area contributed by atoms with Gasteiger partial charge < -0.3 is 20.5 Å². The Bertz CT molecular complexity index is 219. The maximum atomic E-state index is 11.9. The van der Waals surface area contributed by atoms with Crippen LogP contribution >= 0.6 is 0 Å². The van der Waals surface area contributed by atoms with Gasteiger partial charge in [0.05, 0.1) is 6.54 Å². The monoisotopic (exact) mass is 230 g/mol. The molecular weight excluding hydrogens is 208 g/mol. The van der Waals surface area contributed by atoms with Crippen molar-refractivity contribution in [3.05, 3.63) is 0 Å². The second-order valence-corrected chi connectivity index (χ2v) is 4.18. The summed E-state index contributed by atoms with van der Waals surface area (Å²) in [6, 6.07) is 0. The largest absolute Gasteiger partial charge is 0.354 e. The summed E-state index contributed by atoms with van der Waals surface area (Å²) in [5.41, 5.74) is 5.64. The summed E-state index contributed by atoms with van der Waals surface area (Å²) in [5, 5.41) is 2.85. The second kappa shape index (κ2) is 6.83. The van der Waals surface area contributed by atoms with Crippen molar-refractivity contribution < 1.29 is 14.3 Å². The number of amides is 1. The van der Waals surface area contributed by atoms with Crippen LogP contribution in [0.25, 0.3) is 0 Å². The summed E-state index contributed by atoms with van der Waals surface area (Å²) in [6.07, 6.45) is 2.73. The van der Waals surface area contributed by atoms with Crippen molar-refractivity contribution in [1.29, 1.82) is 0 Å². The van der Waals surface area contributed by atoms with Crippen molar-refractivity contribution in [3.8, 4) is 0 Å². The van der Waals surface area contributed by atoms with Crippen LogP contribution in [0.5, 0.6) is 0 Å². The van der Waals surface area contributed by atoms with Gasteiger partial charge in [0.1, 0.15) is 0 Å². The lowest BCUT2D eigenvalue weighted by Crippen LogP contribution is -2.40. The van der Waals surface area contributed by atoms with E-state index < -0.39 is 0 Å². The molecule has 0 aromatic heterocycles. The molecule has 1 fully saturated rings. The summed E-state index contributed by atoms with van der Waals surface area (Å²) in [7, 11) is 3.11. The number of rotatable bonds is 6. The second-order valence-electron chi connectivity index (χ2n) is 4.18. The van der Waals surface area contributed by atoms with Crippen LogP contribution in [0.1, 0.15) is 19.3 Å². The van der Waals surface area contributed by atoms with Crippen LogP contribution in [0.2, 0.25) is 0 Å². The molecule has 94 valence electrons. The van der Waals surface area contributed by atoms with E-state index in [0.29, 0.717) is 19.0 Å². The molecule has 1 aliphatic carbocycles. The summed E-state index contributed by atoms with van der Waals surface area (Å²) >= 11 is 0. The molecule has 3 N–H and O–H groups in total. The zero-order valence-electron chi connectivity index (χ0n) is 10.1. The third-order valence-corrected chi connectivity index (χ3v) is 3.27. The lowest BCUT2D eigenvalue weighted by molar-refractivity contribution is -0.131. The maximum absolute atomic E-state index is 11.9. The predicted octanol–water partition coefficient (Wildman–Crippen LogP) is 0.0965. The van der Waals surface area contributed by atoms with E-state index in [9.17, 15) is 4.79 Å². The third kappa shape index (κ3) is 3.43. The maximum Gasteiger partial charge on any atom is 0.223 e. The fourth-order valence-corrected chi connectivity index (χ4v) is 2.24. The van der Waals surface area contributed by atoms with E-state index in [1.165, 1.54) is 0 Å². The lowest BCUT2D eigenvalue weighted by Gasteiger charge is -2.19. The van der Waals surface area contributed by atoms with Crippen LogP contribution in [0.15, 0.2) is 0 Å². The fourth-order valence-electron chi connectivity index (χ4n) is 2.24. The molecule has 2 atom stereocenters. The molecule has 1 saturated carbocycles. The van der Waals surface area contributed by atoms with Gasteiger partial charge >= 0.3 is 0 Å². The molecule has 0 radical (unpaired) electrons. The van der Waals surface area contributed by atoms with Gasteiger partial charge in [0, 0.05) is 20.1 Å². The number of carbonyl (C=O) groups excluding carboxylic acids is 1. The van der Waals surface area contributed by atoms with Gasteiger partial charge in [-0.15, -0.1) is 0 Å². The van der Waals surface area contributed by atoms with Gasteiger partial charge in [0.25, 0.3) is 0 Å². The smallest absolute Gasteiger partial charge is 0.223 e. The molecule has 0 aromatic carbocycles. The average molecular weight is 230 g/mol. The first-order valence-corrected chi connectivity index (χ1v) is 5.76. The first kappa shape index (κ1) is 13.4. The highest BCUT2D eigenvalue weighted by Gasteiger charge is 2.31. The minimum absolute atomic E-state index is 0.0689. The Labute approximate surface area is 96.7 Å². The van der Waals surface area contributed by atoms with Crippen LogP contribution in [0.4, 0.5) is 0 Å². The van der Waals surface area contributed by atoms with Crippen molar-refractivity contribution in [2.24, 2.45) is 17.6 Å². The van der Waals surface area contributed by atoms with E-state index in [1.807, 2.05) is 0 Å². The molecule has 1 rings (SSSR count). The molecule has 1 amide bonds. The topological polar surface area (TPSA) is 73.6 Å². The average Bonchev–Trinajstić information content (AvgIpc) is 2.78. The van der Waals surface area contributed by atoms with E-state index in [-0.39, 0.29) is 18.1 Å². The summed E-state index contributed by atoms with van der Waals surface area (Å²) in [4.78, 5) is 11.9. The molecule has 0 saturated heterocycles. The van der Waals surface area contributed by atoms with Gasteiger partial charge in [-0.05, 0) is 25.3 Å². The highest BCUT2D eigenvalue weighted by molar-refractivity contribution is 5.79. The van der Waals surface area contributed by atoms with E-state index >= 15 is 0 Å². The van der Waals surface area contributed by atoms with E-state index in [2.05, 4.69) is 5.32 Å². The number of hydrogen-bond donors (Lipinski definition) is 2. The number of carbonyl (C=O) groups is 1. The lowest BCUT2D eigenvalue weighted by atomic mass is 9.95. The third-order valence-electron chi connectivity index (χ3n) is 3.27. The zero-order chi connectivity index (χ0) is 12.0. The molecule has 5 heteroatoms. The Balaban J connectivity index is 2.34. The SMILES string of the molecule is COC(CNC(=O)C1CCCC1CN)OC. The minimum Gasteiger partial charge on any atom is -0.354 e. The molecule has 0 aliphatic heterocycles. The fraction of sp³-hybridized carbons (Fsp3) is 0.909. The van der Waals surface area contributed by atoms with Crippen molar-refractivity contribution in [1.82, 2.24) is 5.32 Å². The Morgan fingerprint density at radius 2 is 2.12 bits per heavy atom. The Kier molecular flexibility index (Phi) is 5.73. The minimum atomic E-state index is -0.373. The van der Waals surface area contributed by atoms with Gasteiger partial charge in [-0.25, -0.2) is 0 Å². The number of nitrogens with one attached hydrogen (secondary N) is 1. The molecule has 0 spiro atoms. The quantitative estimate of drug-likeness (QED) is 0.635. The van der Waals surface area contributed by atoms with Gasteiger partial charge in [0.2, 0.25) is 5.91 Å². The molecule has 0 aromatic rings. The first-order valence-electron chi connectivity index (χ1n) is 5.76. The van der Waals surface area contributed by atoms with E-state index in [1.54, 1.807) is 14.2 Å². The summed E-state index contributed by atoms with van der Waals surface area (Å²) < 4.78 is 10.0. The van der Waals surface area contributed by atoms with Crippen LogP contribution in [0.3, 0.4) is 0 Å². The number of hydrogen-bond acceptors (Lipinski definition) is 4. The van der Waals surface area contributed by atoms with Crippen LogP contribution in [-0.2, 0) is 14.3 Å². The highest BCUT2D eigenvalue weighted by atomic mass is 16.7. The van der Waals surface area contributed by atoms with Crippen molar-refractivity contribution in [2.75, 3.05) is 27.3 Å². The zero-order valence-corrected chi connectivity index (χ0v) is 10.1. The summed E-state index contributed by atoms with van der Waals surface area (Å²) in [6.45, 7) is 0.982. The molecule has 0 heterocycles. The Morgan fingerprint density at radius 1 is 1.44 bits per heavy atom. The Hall–Kier alpha value is -0.650. The molecule has 5 nitrogen and oxygen atoms in total. The normalized spacial score (nSPS) is 25.0. The summed E-state index contributed by atoms with van der Waals surface area (Å²) in [5.74, 6) is 0.481. The highest BCUT2D eigenvalue weighted by Crippen LogP contribution is 2.30. The van der Waals surface area contributed by atoms with Gasteiger partial charge in [0.15, 0.2) is 6.29 Å². The number of nitrogens with two attached hydrogens (primary N) is 1. The predicted molar refractivity (Wildman–Crippen MR) is 60.7 cm³/mol. The molecule has 0 bridgehead atoms. The molecule has 1 aliphatic rings. The Morgan fingerprint density at radius 3 is 2.69 bits per heavy atom. The van der Waals surface area contributed by atoms with Crippen LogP contribution in [-0.4, -0.2) is 39.5 Å². The van der Waals surface area contributed by atoms with Gasteiger partial charge in [-0.2, -0.15) is 0 Å². The van der Waals surface area contributed by atoms with Crippen LogP contribution in [0, 0.1) is 11.8 Å². The van der Waals surface area contributed by atoms with Crippen molar-refractivity contribution in [2.45, 2.75) is 25.6 Å². The first-order chi connectivity index (χ1) is 7.72. The van der Waals surface area contributed by atoms with E-state index in [0.717, 1.165) is 19.3 Å². The van der Waals surface area contributed by atoms with Gasteiger partial charge in [-0.1, -0.05) is 6.42 Å². The molecule has 2 unspecified atom stereocenters. The number of methoxy groups -OCH3 is 2. The van der Waals surface area contributed by atoms with Crippen molar-refractivity contribution >= 4 is 5.91 Å². The van der Waals surface area contributed by atoms with Gasteiger partial charge in [-0.3, -0.25) is 4.79 Å². The number of ether oxygens (including phenoxy) is 2. The molecular formula is C11H22N2O3. The van der Waals surface area contributed by atoms with Crippen molar-refractivity contribution in [3.63, 3.8) is 0 Å². The van der Waals surface area contributed by atoms with Crippen LogP contribution < -0.4 is 11.1 Å². The van der Waals surface area contributed by atoms with E-state index in [4.69, 9.17) is 15.2 Å². The molecule has 16 heavy (non-hydrogen) atoms. The standard InChI is InChI=1S/C11H22N2O3/c1-15-10(16-2)7-13-11(14)9-5-3-4-8(9)6-12/h8-10H,3-7,12H2,1-2H3,(H,13,14).